The number of fused-ring (bicyclic) bond motifs is 1. The molecule has 0 spiro atoms. The molecule has 1 saturated carbocycles. The van der Waals surface area contributed by atoms with Crippen molar-refractivity contribution in [3.05, 3.63) is 0 Å². The van der Waals surface area contributed by atoms with Gasteiger partial charge in [0.2, 0.25) is 0 Å². The highest BCUT2D eigenvalue weighted by atomic mass is 35.5. The van der Waals surface area contributed by atoms with Crippen molar-refractivity contribution in [2.45, 2.75) is 43.9 Å². The van der Waals surface area contributed by atoms with E-state index in [2.05, 4.69) is 0 Å². The van der Waals surface area contributed by atoms with Gasteiger partial charge in [-0.1, -0.05) is 0 Å². The molecule has 3 nitrogen and oxygen atoms in total. The van der Waals surface area contributed by atoms with Crippen molar-refractivity contribution in [3.63, 3.8) is 0 Å². The van der Waals surface area contributed by atoms with E-state index in [1.807, 2.05) is 0 Å². The van der Waals surface area contributed by atoms with Crippen molar-refractivity contribution in [1.82, 2.24) is 0 Å². The van der Waals surface area contributed by atoms with Crippen LogP contribution in [0.25, 0.3) is 0 Å². The Morgan fingerprint density at radius 2 is 2.07 bits per heavy atom. The molecule has 0 bridgehead atoms. The first-order valence-corrected chi connectivity index (χ1v) is 5.89. The summed E-state index contributed by atoms with van der Waals surface area (Å²) in [6, 6.07) is 0. The average molecular weight is 219 g/mol. The van der Waals surface area contributed by atoms with E-state index in [0.717, 1.165) is 6.42 Å². The van der Waals surface area contributed by atoms with Crippen molar-refractivity contribution in [2.24, 2.45) is 5.92 Å². The third-order valence-electron chi connectivity index (χ3n) is 3.37. The van der Waals surface area contributed by atoms with Crippen LogP contribution < -0.4 is 0 Å². The summed E-state index contributed by atoms with van der Waals surface area (Å²) in [5.74, 6) is 1.05. The van der Waals surface area contributed by atoms with Crippen LogP contribution >= 0.6 is 11.6 Å². The van der Waals surface area contributed by atoms with Gasteiger partial charge in [-0.05, 0) is 19.3 Å². The second-order valence-corrected chi connectivity index (χ2v) is 4.71. The Morgan fingerprint density at radius 1 is 1.14 bits per heavy atom. The molecule has 0 amide bonds. The summed E-state index contributed by atoms with van der Waals surface area (Å²) in [5.41, 5.74) is 0. The molecule has 0 aromatic rings. The molecule has 0 aromatic carbocycles. The van der Waals surface area contributed by atoms with Crippen LogP contribution in [-0.2, 0) is 14.2 Å². The second-order valence-electron chi connectivity index (χ2n) is 4.40. The third kappa shape index (κ3) is 1.67. The zero-order valence-corrected chi connectivity index (χ0v) is 8.78. The topological polar surface area (TPSA) is 31.0 Å². The summed E-state index contributed by atoms with van der Waals surface area (Å²) in [4.78, 5) is 0. The molecule has 80 valence electrons. The minimum atomic E-state index is -0.0242. The molecule has 0 unspecified atom stereocenters. The van der Waals surface area contributed by atoms with Crippen LogP contribution in [0.2, 0.25) is 0 Å². The van der Waals surface area contributed by atoms with E-state index in [0.29, 0.717) is 30.6 Å². The number of halogens is 1. The van der Waals surface area contributed by atoms with Crippen molar-refractivity contribution in [3.8, 4) is 0 Å². The first-order valence-electron chi connectivity index (χ1n) is 5.35. The maximum atomic E-state index is 5.72. The summed E-state index contributed by atoms with van der Waals surface area (Å²) in [6.45, 7) is 0.652. The van der Waals surface area contributed by atoms with Gasteiger partial charge in [0.1, 0.15) is 0 Å². The summed E-state index contributed by atoms with van der Waals surface area (Å²) < 4.78 is 16.8. The Kier molecular flexibility index (Phi) is 2.44. The molecule has 2 aliphatic heterocycles. The van der Waals surface area contributed by atoms with Crippen molar-refractivity contribution in [2.75, 3.05) is 12.5 Å². The lowest BCUT2D eigenvalue weighted by Crippen LogP contribution is -2.27. The predicted molar refractivity (Wildman–Crippen MR) is 51.3 cm³/mol. The molecule has 5 atom stereocenters. The largest absolute Gasteiger partial charge is 0.370 e. The molecule has 3 aliphatic rings. The van der Waals surface area contributed by atoms with Gasteiger partial charge >= 0.3 is 0 Å². The molecular formula is C10H15ClO3. The van der Waals surface area contributed by atoms with Gasteiger partial charge < -0.3 is 14.2 Å². The Bertz CT molecular complexity index is 223. The molecule has 0 radical (unpaired) electrons. The van der Waals surface area contributed by atoms with E-state index in [1.165, 1.54) is 12.8 Å². The van der Waals surface area contributed by atoms with Crippen molar-refractivity contribution < 1.29 is 14.2 Å². The van der Waals surface area contributed by atoms with Gasteiger partial charge in [0.15, 0.2) is 6.29 Å². The zero-order chi connectivity index (χ0) is 9.54. The van der Waals surface area contributed by atoms with E-state index in [9.17, 15) is 0 Å². The van der Waals surface area contributed by atoms with Gasteiger partial charge in [-0.15, -0.1) is 11.6 Å². The minimum Gasteiger partial charge on any atom is -0.370 e. The fourth-order valence-electron chi connectivity index (χ4n) is 2.48. The minimum absolute atomic E-state index is 0.0242. The van der Waals surface area contributed by atoms with E-state index in [-0.39, 0.29) is 12.4 Å². The van der Waals surface area contributed by atoms with Gasteiger partial charge in [0.05, 0.1) is 30.8 Å². The van der Waals surface area contributed by atoms with E-state index in [1.54, 1.807) is 0 Å². The average Bonchev–Trinajstić information content (AvgIpc) is 2.84. The van der Waals surface area contributed by atoms with Crippen LogP contribution in [0.3, 0.4) is 0 Å². The first-order chi connectivity index (χ1) is 6.86. The normalized spacial score (nSPS) is 51.6. The lowest BCUT2D eigenvalue weighted by molar-refractivity contribution is -0.100. The van der Waals surface area contributed by atoms with Crippen LogP contribution in [0.4, 0.5) is 0 Å². The Hall–Kier alpha value is 0.170. The van der Waals surface area contributed by atoms with Gasteiger partial charge in [0, 0.05) is 5.92 Å². The van der Waals surface area contributed by atoms with Crippen molar-refractivity contribution >= 4 is 11.6 Å². The molecule has 0 N–H and O–H groups in total. The lowest BCUT2D eigenvalue weighted by Gasteiger charge is -2.23. The number of epoxide rings is 1. The zero-order valence-electron chi connectivity index (χ0n) is 8.02. The SMILES string of the molecule is ClC[C@@H]1CO[C@H]([C@@H]2CC[C@H]3O[C@@H]3C2)O1. The molecule has 0 aromatic heterocycles. The summed E-state index contributed by atoms with van der Waals surface area (Å²) >= 11 is 5.72. The van der Waals surface area contributed by atoms with Crippen LogP contribution in [0.1, 0.15) is 19.3 Å². The number of alkyl halides is 1. The van der Waals surface area contributed by atoms with Crippen LogP contribution in [0.15, 0.2) is 0 Å². The molecule has 3 fully saturated rings. The van der Waals surface area contributed by atoms with E-state index >= 15 is 0 Å². The maximum absolute atomic E-state index is 5.72. The Morgan fingerprint density at radius 3 is 2.79 bits per heavy atom. The molecule has 14 heavy (non-hydrogen) atoms. The quantitative estimate of drug-likeness (QED) is 0.520. The highest BCUT2D eigenvalue weighted by molar-refractivity contribution is 6.18. The molecule has 1 aliphatic carbocycles. The van der Waals surface area contributed by atoms with Gasteiger partial charge in [0.25, 0.3) is 0 Å². The fourth-order valence-corrected chi connectivity index (χ4v) is 2.64. The number of hydrogen-bond acceptors (Lipinski definition) is 3. The number of ether oxygens (including phenoxy) is 3. The third-order valence-corrected chi connectivity index (χ3v) is 3.72. The highest BCUT2D eigenvalue weighted by Crippen LogP contribution is 2.42. The number of hydrogen-bond donors (Lipinski definition) is 0. The van der Waals surface area contributed by atoms with Crippen LogP contribution in [-0.4, -0.2) is 37.1 Å². The van der Waals surface area contributed by atoms with Gasteiger partial charge in [-0.3, -0.25) is 0 Å². The monoisotopic (exact) mass is 218 g/mol. The summed E-state index contributed by atoms with van der Waals surface area (Å²) in [6.07, 6.45) is 4.56. The smallest absolute Gasteiger partial charge is 0.161 e. The first kappa shape index (κ1) is 9.40. The maximum Gasteiger partial charge on any atom is 0.161 e. The van der Waals surface area contributed by atoms with Gasteiger partial charge in [-0.25, -0.2) is 0 Å². The fraction of sp³-hybridized carbons (Fsp3) is 1.00. The summed E-state index contributed by atoms with van der Waals surface area (Å²) in [5, 5.41) is 0. The van der Waals surface area contributed by atoms with Crippen LogP contribution in [0.5, 0.6) is 0 Å². The second kappa shape index (κ2) is 3.63. The highest BCUT2D eigenvalue weighted by Gasteiger charge is 2.47. The molecule has 4 heteroatoms. The number of rotatable bonds is 2. The van der Waals surface area contributed by atoms with Gasteiger partial charge in [-0.2, -0.15) is 0 Å². The molecule has 3 rings (SSSR count). The van der Waals surface area contributed by atoms with Crippen molar-refractivity contribution in [1.29, 1.82) is 0 Å². The Labute approximate surface area is 88.7 Å². The summed E-state index contributed by atoms with van der Waals surface area (Å²) in [7, 11) is 0. The molecule has 2 saturated heterocycles. The lowest BCUT2D eigenvalue weighted by atomic mass is 9.89. The molecular weight excluding hydrogens is 204 g/mol. The van der Waals surface area contributed by atoms with E-state index < -0.39 is 0 Å². The predicted octanol–water partition coefficient (Wildman–Crippen LogP) is 1.53. The Balaban J connectivity index is 1.55. The molecule has 2 heterocycles. The van der Waals surface area contributed by atoms with Crippen LogP contribution in [0, 0.1) is 5.92 Å². The standard InChI is InChI=1S/C10H15ClO3/c11-4-7-5-12-10(13-7)6-1-2-8-9(3-6)14-8/h6-10H,1-5H2/t6-,7-,8-,9-,10+/m1/s1. The van der Waals surface area contributed by atoms with E-state index in [4.69, 9.17) is 25.8 Å².